The molecule has 9 aliphatic rings. The zero-order valence-corrected chi connectivity index (χ0v) is 15.9. The maximum atomic E-state index is 11.4. The average Bonchev–Trinajstić information content (AvgIpc) is 3.17. The van der Waals surface area contributed by atoms with Crippen LogP contribution in [0.5, 0.6) is 0 Å². The topological polar surface area (TPSA) is 52.9 Å². The summed E-state index contributed by atoms with van der Waals surface area (Å²) in [6.45, 7) is 10.1. The highest BCUT2D eigenvalue weighted by Gasteiger charge is 2.88. The predicted molar refractivity (Wildman–Crippen MR) is 96.0 cm³/mol. The van der Waals surface area contributed by atoms with Gasteiger partial charge in [-0.15, -0.1) is 0 Å². The molecule has 4 nitrogen and oxygen atoms in total. The molecule has 4 heterocycles. The Morgan fingerprint density at radius 3 is 2.85 bits per heavy atom. The van der Waals surface area contributed by atoms with Gasteiger partial charge in [0.25, 0.3) is 0 Å². The van der Waals surface area contributed by atoms with Crippen LogP contribution in [0.3, 0.4) is 0 Å². The number of fused-ring (bicyclic) bond motifs is 2. The molecule has 4 heteroatoms. The minimum Gasteiger partial charge on any atom is -0.392 e. The summed E-state index contributed by atoms with van der Waals surface area (Å²) in [6, 6.07) is 0.547. The van der Waals surface area contributed by atoms with Crippen molar-refractivity contribution >= 4 is 0 Å². The summed E-state index contributed by atoms with van der Waals surface area (Å²) in [5.41, 5.74) is 1.28. The van der Waals surface area contributed by atoms with Crippen LogP contribution >= 0.6 is 0 Å². The molecule has 0 aromatic heterocycles. The zero-order valence-electron chi connectivity index (χ0n) is 15.9. The Labute approximate surface area is 155 Å². The summed E-state index contributed by atoms with van der Waals surface area (Å²) < 4.78 is 6.78. The van der Waals surface area contributed by atoms with E-state index in [0.717, 1.165) is 25.0 Å². The van der Waals surface area contributed by atoms with Gasteiger partial charge in [0.1, 0.15) is 6.23 Å². The van der Waals surface area contributed by atoms with E-state index in [1.165, 1.54) is 19.3 Å². The van der Waals surface area contributed by atoms with E-state index in [2.05, 4.69) is 25.3 Å². The van der Waals surface area contributed by atoms with Crippen LogP contribution in [0.25, 0.3) is 0 Å². The minimum absolute atomic E-state index is 0.0470. The third-order valence-corrected chi connectivity index (χ3v) is 11.0. The zero-order chi connectivity index (χ0) is 17.8. The first-order valence-corrected chi connectivity index (χ1v) is 10.9. The summed E-state index contributed by atoms with van der Waals surface area (Å²) in [4.78, 5) is 2.69. The molecule has 0 aromatic carbocycles. The minimum atomic E-state index is -0.426. The van der Waals surface area contributed by atoms with Crippen LogP contribution in [-0.2, 0) is 4.74 Å². The highest BCUT2D eigenvalue weighted by Crippen LogP contribution is 2.86. The molecule has 142 valence electrons. The van der Waals surface area contributed by atoms with Gasteiger partial charge in [0.2, 0.25) is 0 Å². The lowest BCUT2D eigenvalue weighted by Crippen LogP contribution is -2.78. The lowest BCUT2D eigenvalue weighted by molar-refractivity contribution is -0.372. The van der Waals surface area contributed by atoms with Crippen LogP contribution < -0.4 is 0 Å². The molecular formula is C22H31NO3. The van der Waals surface area contributed by atoms with E-state index in [1.807, 2.05) is 0 Å². The van der Waals surface area contributed by atoms with Crippen molar-refractivity contribution in [1.29, 1.82) is 0 Å². The number of hydrogen-bond acceptors (Lipinski definition) is 4. The molecule has 12 atom stereocenters. The number of aliphatic hydroxyl groups is 2. The largest absolute Gasteiger partial charge is 0.392 e. The van der Waals surface area contributed by atoms with E-state index in [-0.39, 0.29) is 34.5 Å². The number of ether oxygens (including phenoxy) is 1. The number of hydrogen-bond donors (Lipinski definition) is 2. The summed E-state index contributed by atoms with van der Waals surface area (Å²) in [6.07, 6.45) is 5.38. The van der Waals surface area contributed by atoms with E-state index in [4.69, 9.17) is 4.74 Å². The molecule has 5 saturated carbocycles. The van der Waals surface area contributed by atoms with Crippen molar-refractivity contribution in [1.82, 2.24) is 4.90 Å². The molecule has 0 radical (unpaired) electrons. The molecule has 0 aromatic rings. The second kappa shape index (κ2) is 4.12. The fraction of sp³-hybridized carbons (Fsp3) is 0.909. The normalized spacial score (nSPS) is 69.5. The second-order valence-electron chi connectivity index (χ2n) is 10.9. The van der Waals surface area contributed by atoms with Gasteiger partial charge in [0, 0.05) is 28.2 Å². The Balaban J connectivity index is 1.51. The van der Waals surface area contributed by atoms with Crippen LogP contribution in [0.4, 0.5) is 0 Å². The summed E-state index contributed by atoms with van der Waals surface area (Å²) in [5, 5.41) is 22.4. The van der Waals surface area contributed by atoms with E-state index in [1.54, 1.807) is 0 Å². The molecule has 9 bridgehead atoms. The van der Waals surface area contributed by atoms with Crippen molar-refractivity contribution in [3.8, 4) is 0 Å². The van der Waals surface area contributed by atoms with Gasteiger partial charge in [-0.05, 0) is 62.0 Å². The molecule has 9 fully saturated rings. The fourth-order valence-corrected chi connectivity index (χ4v) is 10.5. The van der Waals surface area contributed by atoms with Gasteiger partial charge in [-0.3, -0.25) is 4.90 Å². The van der Waals surface area contributed by atoms with Gasteiger partial charge in [-0.2, -0.15) is 0 Å². The third kappa shape index (κ3) is 1.14. The first-order valence-electron chi connectivity index (χ1n) is 10.9. The van der Waals surface area contributed by atoms with E-state index in [9.17, 15) is 10.2 Å². The number of nitrogens with zero attached hydrogens (tertiary/aromatic N) is 1. The lowest BCUT2D eigenvalue weighted by atomic mass is 9.41. The molecule has 0 amide bonds. The van der Waals surface area contributed by atoms with Crippen LogP contribution in [0.2, 0.25) is 0 Å². The Bertz CT molecular complexity index is 739. The standard InChI is InChI=1S/C22H31NO3/c1-4-23-17-12-7-14-20(3)6-5-16(26-19(20)23)22(14,17)15-8-13(24)11-9-21(12,15)18(25)10(11)2/h11-19,24-25H,2,4-9H2,1,3H3/t11-,12-,13-,14?,15?,16-,17?,18-,19-,20-,21+,22+/m1/s1. The van der Waals surface area contributed by atoms with Gasteiger partial charge >= 0.3 is 0 Å². The van der Waals surface area contributed by atoms with Crippen LogP contribution in [0.15, 0.2) is 12.2 Å². The molecule has 2 spiro atoms. The number of aliphatic hydroxyl groups excluding tert-OH is 2. The summed E-state index contributed by atoms with van der Waals surface area (Å²) in [5.74, 6) is 1.77. The van der Waals surface area contributed by atoms with Crippen molar-refractivity contribution < 1.29 is 14.9 Å². The van der Waals surface area contributed by atoms with Gasteiger partial charge < -0.3 is 14.9 Å². The van der Waals surface area contributed by atoms with Crippen molar-refractivity contribution in [3.05, 3.63) is 12.2 Å². The first-order chi connectivity index (χ1) is 12.4. The number of rotatable bonds is 1. The Kier molecular flexibility index (Phi) is 2.46. The molecule has 4 saturated heterocycles. The van der Waals surface area contributed by atoms with E-state index >= 15 is 0 Å². The van der Waals surface area contributed by atoms with Crippen molar-refractivity contribution in [2.45, 2.75) is 76.5 Å². The highest BCUT2D eigenvalue weighted by molar-refractivity contribution is 5.40. The van der Waals surface area contributed by atoms with E-state index in [0.29, 0.717) is 29.9 Å². The molecule has 4 aliphatic heterocycles. The van der Waals surface area contributed by atoms with Crippen molar-refractivity contribution in [3.63, 3.8) is 0 Å². The molecule has 2 N–H and O–H groups in total. The molecular weight excluding hydrogens is 326 g/mol. The first kappa shape index (κ1) is 15.5. The van der Waals surface area contributed by atoms with Crippen molar-refractivity contribution in [2.75, 3.05) is 6.54 Å². The monoisotopic (exact) mass is 357 g/mol. The maximum absolute atomic E-state index is 11.4. The fourth-order valence-electron chi connectivity index (χ4n) is 10.5. The summed E-state index contributed by atoms with van der Waals surface area (Å²) in [7, 11) is 0. The highest BCUT2D eigenvalue weighted by atomic mass is 16.5. The van der Waals surface area contributed by atoms with Crippen LogP contribution in [0.1, 0.15) is 46.0 Å². The van der Waals surface area contributed by atoms with Crippen LogP contribution in [0, 0.1) is 39.9 Å². The smallest absolute Gasteiger partial charge is 0.116 e. The second-order valence-corrected chi connectivity index (χ2v) is 10.9. The van der Waals surface area contributed by atoms with Gasteiger partial charge in [0.15, 0.2) is 0 Å². The Morgan fingerprint density at radius 2 is 2.08 bits per heavy atom. The van der Waals surface area contributed by atoms with E-state index < -0.39 is 6.10 Å². The maximum Gasteiger partial charge on any atom is 0.116 e. The number of piperidine rings is 1. The van der Waals surface area contributed by atoms with Gasteiger partial charge in [-0.25, -0.2) is 0 Å². The quantitative estimate of drug-likeness (QED) is 0.706. The Hall–Kier alpha value is -0.420. The summed E-state index contributed by atoms with van der Waals surface area (Å²) >= 11 is 0. The van der Waals surface area contributed by atoms with Gasteiger partial charge in [-0.1, -0.05) is 20.4 Å². The average molecular weight is 357 g/mol. The third-order valence-electron chi connectivity index (χ3n) is 11.0. The van der Waals surface area contributed by atoms with Crippen LogP contribution in [-0.4, -0.2) is 52.2 Å². The molecule has 9 rings (SSSR count). The Morgan fingerprint density at radius 1 is 1.27 bits per heavy atom. The molecule has 26 heavy (non-hydrogen) atoms. The lowest BCUT2D eigenvalue weighted by Gasteiger charge is -2.73. The molecule has 3 unspecified atom stereocenters. The van der Waals surface area contributed by atoms with Gasteiger partial charge in [0.05, 0.1) is 18.3 Å². The predicted octanol–water partition coefficient (Wildman–Crippen LogP) is 2.16. The van der Waals surface area contributed by atoms with Crippen molar-refractivity contribution in [2.24, 2.45) is 39.9 Å². The molecule has 5 aliphatic carbocycles. The SMILES string of the molecule is C=C1[C@H]2C[C@]3(C(C[C@H]2O)[C@@]24C5[C@H]3CC2[C@@]2(C)CC[C@H]4O[C@H]2N5CC)[C@@H]1O.